The van der Waals surface area contributed by atoms with Crippen LogP contribution >= 0.6 is 11.6 Å². The zero-order chi connectivity index (χ0) is 6.41. The molecule has 0 rings (SSSR count). The number of halogens is 1. The Morgan fingerprint density at radius 3 is 2.75 bits per heavy atom. The van der Waals surface area contributed by atoms with E-state index in [1.165, 1.54) is 0 Å². The first-order chi connectivity index (χ1) is 3.77. The lowest BCUT2D eigenvalue weighted by Gasteiger charge is -1.82. The van der Waals surface area contributed by atoms with Gasteiger partial charge in [-0.25, -0.2) is 0 Å². The predicted octanol–water partition coefficient (Wildman–Crippen LogP) is 2.75. The smallest absolute Gasteiger partial charge is 0.0258 e. The van der Waals surface area contributed by atoms with Crippen molar-refractivity contribution in [2.75, 3.05) is 5.88 Å². The molecule has 0 aromatic carbocycles. The summed E-state index contributed by atoms with van der Waals surface area (Å²) in [6.45, 7) is 5.66. The van der Waals surface area contributed by atoms with E-state index in [1.807, 2.05) is 19.1 Å². The van der Waals surface area contributed by atoms with Crippen LogP contribution in [-0.4, -0.2) is 5.88 Å². The summed E-state index contributed by atoms with van der Waals surface area (Å²) in [5.41, 5.74) is 1.08. The maximum absolute atomic E-state index is 5.40. The molecule has 0 aromatic heterocycles. The second-order valence-corrected chi connectivity index (χ2v) is 2.10. The molecule has 0 fully saturated rings. The van der Waals surface area contributed by atoms with Crippen LogP contribution in [0.4, 0.5) is 0 Å². The van der Waals surface area contributed by atoms with Crippen LogP contribution in [0.1, 0.15) is 13.3 Å². The average molecular weight is 131 g/mol. The first kappa shape index (κ1) is 7.77. The Hall–Kier alpha value is -0.230. The fourth-order valence-corrected chi connectivity index (χ4v) is 0.474. The van der Waals surface area contributed by atoms with Crippen LogP contribution in [0.15, 0.2) is 24.3 Å². The monoisotopic (exact) mass is 130 g/mol. The Morgan fingerprint density at radius 1 is 1.75 bits per heavy atom. The van der Waals surface area contributed by atoms with Crippen molar-refractivity contribution in [2.24, 2.45) is 0 Å². The summed E-state index contributed by atoms with van der Waals surface area (Å²) in [7, 11) is 0. The van der Waals surface area contributed by atoms with E-state index < -0.39 is 0 Å². The molecule has 0 aromatic rings. The van der Waals surface area contributed by atoms with E-state index >= 15 is 0 Å². The van der Waals surface area contributed by atoms with Crippen molar-refractivity contribution in [3.05, 3.63) is 24.3 Å². The molecule has 0 aliphatic heterocycles. The molecule has 0 N–H and O–H groups in total. The van der Waals surface area contributed by atoms with Crippen LogP contribution < -0.4 is 0 Å². The van der Waals surface area contributed by atoms with Crippen LogP contribution in [-0.2, 0) is 0 Å². The van der Waals surface area contributed by atoms with Crippen LogP contribution in [0.5, 0.6) is 0 Å². The van der Waals surface area contributed by atoms with Crippen molar-refractivity contribution in [3.8, 4) is 0 Å². The number of rotatable bonds is 3. The van der Waals surface area contributed by atoms with Crippen LogP contribution in [0.2, 0.25) is 0 Å². The van der Waals surface area contributed by atoms with Crippen LogP contribution in [0, 0.1) is 0 Å². The molecule has 0 saturated carbocycles. The highest BCUT2D eigenvalue weighted by atomic mass is 35.5. The first-order valence-electron chi connectivity index (χ1n) is 2.65. The molecule has 0 nitrogen and oxygen atoms in total. The Balaban J connectivity index is 3.20. The maximum Gasteiger partial charge on any atom is 0.0258 e. The molecule has 0 spiro atoms. The van der Waals surface area contributed by atoms with Crippen molar-refractivity contribution >= 4 is 11.6 Å². The van der Waals surface area contributed by atoms with Crippen molar-refractivity contribution < 1.29 is 0 Å². The normalized spacial score (nSPS) is 10.2. The molecule has 0 aliphatic rings. The summed E-state index contributed by atoms with van der Waals surface area (Å²) in [6.07, 6.45) is 4.94. The Bertz CT molecular complexity index is 92.6. The number of hydrogen-bond acceptors (Lipinski definition) is 0. The molecule has 0 aliphatic carbocycles. The van der Waals surface area contributed by atoms with Gasteiger partial charge in [-0.05, 0) is 13.3 Å². The van der Waals surface area contributed by atoms with E-state index in [0.29, 0.717) is 5.88 Å². The molecule has 1 heteroatoms. The van der Waals surface area contributed by atoms with Gasteiger partial charge in [0, 0.05) is 5.88 Å². The Kier molecular flexibility index (Phi) is 4.78. The van der Waals surface area contributed by atoms with Gasteiger partial charge >= 0.3 is 0 Å². The molecular weight excluding hydrogens is 120 g/mol. The summed E-state index contributed by atoms with van der Waals surface area (Å²) in [4.78, 5) is 0. The minimum atomic E-state index is 0.698. The second-order valence-electron chi connectivity index (χ2n) is 1.73. The lowest BCUT2D eigenvalue weighted by atomic mass is 10.3. The highest BCUT2D eigenvalue weighted by Gasteiger charge is 1.73. The molecule has 8 heavy (non-hydrogen) atoms. The standard InChI is InChI=1S/C7H11Cl/c1-7(2)5-3-4-6-8/h3,5H,1,4,6H2,2H3. The lowest BCUT2D eigenvalue weighted by Crippen LogP contribution is -1.66. The van der Waals surface area contributed by atoms with Gasteiger partial charge in [0.2, 0.25) is 0 Å². The number of allylic oxidation sites excluding steroid dienone is 3. The average Bonchev–Trinajstić information content (AvgIpc) is 1.66. The van der Waals surface area contributed by atoms with E-state index in [-0.39, 0.29) is 0 Å². The molecular formula is C7H11Cl. The van der Waals surface area contributed by atoms with Gasteiger partial charge in [-0.15, -0.1) is 11.6 Å². The number of alkyl halides is 1. The Labute approximate surface area is 55.9 Å². The van der Waals surface area contributed by atoms with Gasteiger partial charge in [0.05, 0.1) is 0 Å². The van der Waals surface area contributed by atoms with Gasteiger partial charge in [-0.3, -0.25) is 0 Å². The molecule has 0 radical (unpaired) electrons. The summed E-state index contributed by atoms with van der Waals surface area (Å²) >= 11 is 5.40. The first-order valence-corrected chi connectivity index (χ1v) is 3.19. The highest BCUT2D eigenvalue weighted by molar-refractivity contribution is 6.17. The van der Waals surface area contributed by atoms with Gasteiger partial charge in [0.25, 0.3) is 0 Å². The van der Waals surface area contributed by atoms with Crippen molar-refractivity contribution in [1.82, 2.24) is 0 Å². The lowest BCUT2D eigenvalue weighted by molar-refractivity contribution is 1.23. The molecule has 0 saturated heterocycles. The third kappa shape index (κ3) is 5.77. The van der Waals surface area contributed by atoms with Gasteiger partial charge in [-0.2, -0.15) is 0 Å². The van der Waals surface area contributed by atoms with E-state index in [2.05, 4.69) is 6.58 Å². The van der Waals surface area contributed by atoms with Crippen LogP contribution in [0.25, 0.3) is 0 Å². The minimum Gasteiger partial charge on any atom is -0.126 e. The second kappa shape index (κ2) is 4.92. The highest BCUT2D eigenvalue weighted by Crippen LogP contribution is 1.92. The minimum absolute atomic E-state index is 0.698. The quantitative estimate of drug-likeness (QED) is 0.407. The van der Waals surface area contributed by atoms with Crippen molar-refractivity contribution in [1.29, 1.82) is 0 Å². The number of hydrogen-bond donors (Lipinski definition) is 0. The van der Waals surface area contributed by atoms with Crippen molar-refractivity contribution in [3.63, 3.8) is 0 Å². The topological polar surface area (TPSA) is 0 Å². The van der Waals surface area contributed by atoms with Gasteiger partial charge in [-0.1, -0.05) is 24.3 Å². The fraction of sp³-hybridized carbons (Fsp3) is 0.429. The van der Waals surface area contributed by atoms with Crippen molar-refractivity contribution in [2.45, 2.75) is 13.3 Å². The van der Waals surface area contributed by atoms with Crippen LogP contribution in [0.3, 0.4) is 0 Å². The summed E-state index contributed by atoms with van der Waals surface area (Å²) < 4.78 is 0. The molecule has 0 unspecified atom stereocenters. The molecule has 0 heterocycles. The van der Waals surface area contributed by atoms with Gasteiger partial charge < -0.3 is 0 Å². The summed E-state index contributed by atoms with van der Waals surface area (Å²) in [5, 5.41) is 0. The maximum atomic E-state index is 5.40. The zero-order valence-corrected chi connectivity index (χ0v) is 5.91. The predicted molar refractivity (Wildman–Crippen MR) is 39.3 cm³/mol. The fourth-order valence-electron chi connectivity index (χ4n) is 0.348. The molecule has 0 bridgehead atoms. The SMILES string of the molecule is C=C(C)C=CCCCl. The third-order valence-electron chi connectivity index (χ3n) is 0.678. The van der Waals surface area contributed by atoms with E-state index in [9.17, 15) is 0 Å². The summed E-state index contributed by atoms with van der Waals surface area (Å²) in [5.74, 6) is 0.698. The van der Waals surface area contributed by atoms with E-state index in [1.54, 1.807) is 0 Å². The van der Waals surface area contributed by atoms with E-state index in [0.717, 1.165) is 12.0 Å². The summed E-state index contributed by atoms with van der Waals surface area (Å²) in [6, 6.07) is 0. The largest absolute Gasteiger partial charge is 0.126 e. The van der Waals surface area contributed by atoms with Gasteiger partial charge in [0.15, 0.2) is 0 Å². The van der Waals surface area contributed by atoms with E-state index in [4.69, 9.17) is 11.6 Å². The van der Waals surface area contributed by atoms with Gasteiger partial charge in [0.1, 0.15) is 0 Å². The zero-order valence-electron chi connectivity index (χ0n) is 5.15. The Morgan fingerprint density at radius 2 is 2.38 bits per heavy atom. The third-order valence-corrected chi connectivity index (χ3v) is 0.896. The molecule has 0 amide bonds. The molecule has 46 valence electrons. The molecule has 0 atom stereocenters.